The quantitative estimate of drug-likeness (QED) is 0.682. The minimum atomic E-state index is 0.880. The third kappa shape index (κ3) is 1.21. The zero-order valence-electron chi connectivity index (χ0n) is 6.71. The van der Waals surface area contributed by atoms with E-state index in [9.17, 15) is 0 Å². The lowest BCUT2D eigenvalue weighted by atomic mass is 10.4. The summed E-state index contributed by atoms with van der Waals surface area (Å²) in [6.07, 6.45) is 1.79. The number of hydrogen-bond acceptors (Lipinski definition) is 3. The first-order valence-electron chi connectivity index (χ1n) is 3.83. The van der Waals surface area contributed by atoms with E-state index in [1.165, 1.54) is 0 Å². The number of fused-ring (bicyclic) bond motifs is 3. The van der Waals surface area contributed by atoms with Gasteiger partial charge in [-0.05, 0) is 37.9 Å². The van der Waals surface area contributed by atoms with Crippen LogP contribution in [0.2, 0.25) is 0 Å². The maximum atomic E-state index is 4.35. The highest BCUT2D eigenvalue weighted by molar-refractivity contribution is 9.11. The summed E-state index contributed by atoms with van der Waals surface area (Å²) in [6.45, 7) is 0. The van der Waals surface area contributed by atoms with Gasteiger partial charge in [0.1, 0.15) is 10.2 Å². The second-order valence-electron chi connectivity index (χ2n) is 2.82. The van der Waals surface area contributed by atoms with Gasteiger partial charge in [-0.15, -0.1) is 11.3 Å². The average molecular weight is 333 g/mol. The van der Waals surface area contributed by atoms with Crippen LogP contribution in [0, 0.1) is 0 Å². The fourth-order valence-electron chi connectivity index (χ4n) is 1.38. The number of nitrogens with one attached hydrogen (secondary N) is 1. The molecule has 0 aliphatic heterocycles. The summed E-state index contributed by atoms with van der Waals surface area (Å²) < 4.78 is 2.95. The van der Waals surface area contributed by atoms with Crippen LogP contribution in [-0.2, 0) is 0 Å². The van der Waals surface area contributed by atoms with Crippen LogP contribution in [0.1, 0.15) is 0 Å². The number of nitrogens with zero attached hydrogens (tertiary/aromatic N) is 2. The van der Waals surface area contributed by atoms with Crippen LogP contribution in [0.5, 0.6) is 0 Å². The number of H-pyrrole nitrogens is 1. The molecular weight excluding hydrogens is 330 g/mol. The zero-order valence-corrected chi connectivity index (χ0v) is 10.7. The maximum absolute atomic E-state index is 4.35. The molecule has 0 aromatic carbocycles. The van der Waals surface area contributed by atoms with Crippen molar-refractivity contribution < 1.29 is 0 Å². The first-order chi connectivity index (χ1) is 6.74. The van der Waals surface area contributed by atoms with Crippen molar-refractivity contribution in [3.8, 4) is 0 Å². The standard InChI is InChI=1S/C8H3Br2N3S/c9-3-1-4-5(11-2-3)6-7(12-4)13-8(10)14-6/h1-2,12H. The molecule has 70 valence electrons. The molecule has 0 saturated heterocycles. The molecule has 3 rings (SSSR count). The van der Waals surface area contributed by atoms with Crippen LogP contribution < -0.4 is 0 Å². The second kappa shape index (κ2) is 3.01. The lowest BCUT2D eigenvalue weighted by molar-refractivity contribution is 1.35. The minimum Gasteiger partial charge on any atom is -0.337 e. The smallest absolute Gasteiger partial charge is 0.162 e. The van der Waals surface area contributed by atoms with Gasteiger partial charge >= 0.3 is 0 Å². The van der Waals surface area contributed by atoms with Gasteiger partial charge in [-0.3, -0.25) is 4.98 Å². The lowest BCUT2D eigenvalue weighted by Crippen LogP contribution is -1.74. The number of aromatic nitrogens is 3. The predicted molar refractivity (Wildman–Crippen MR) is 64.7 cm³/mol. The molecule has 3 aromatic heterocycles. The number of hydrogen-bond donors (Lipinski definition) is 1. The molecule has 3 aromatic rings. The molecule has 6 heteroatoms. The van der Waals surface area contributed by atoms with Gasteiger partial charge in [0, 0.05) is 10.7 Å². The Morgan fingerprint density at radius 3 is 3.07 bits per heavy atom. The first kappa shape index (κ1) is 8.82. The number of halogens is 2. The van der Waals surface area contributed by atoms with Crippen molar-refractivity contribution in [1.29, 1.82) is 0 Å². The third-order valence-corrected chi connectivity index (χ3v) is 3.87. The van der Waals surface area contributed by atoms with Gasteiger partial charge in [0.05, 0.1) is 5.52 Å². The highest BCUT2D eigenvalue weighted by Gasteiger charge is 2.10. The summed E-state index contributed by atoms with van der Waals surface area (Å²) in [5.74, 6) is 0. The molecule has 0 amide bonds. The molecule has 0 atom stereocenters. The average Bonchev–Trinajstić information content (AvgIpc) is 2.59. The Kier molecular flexibility index (Phi) is 1.90. The van der Waals surface area contributed by atoms with Crippen molar-refractivity contribution in [2.24, 2.45) is 0 Å². The van der Waals surface area contributed by atoms with E-state index >= 15 is 0 Å². The highest BCUT2D eigenvalue weighted by atomic mass is 79.9. The van der Waals surface area contributed by atoms with Crippen LogP contribution in [-0.4, -0.2) is 15.0 Å². The fraction of sp³-hybridized carbons (Fsp3) is 0. The molecule has 3 nitrogen and oxygen atoms in total. The van der Waals surface area contributed by atoms with Crippen LogP contribution >= 0.6 is 43.2 Å². The Balaban J connectivity index is 2.52. The number of thiazole rings is 1. The molecular formula is C8H3Br2N3S. The lowest BCUT2D eigenvalue weighted by Gasteiger charge is -1.89. The molecule has 0 unspecified atom stereocenters. The Hall–Kier alpha value is -0.460. The summed E-state index contributed by atoms with van der Waals surface area (Å²) in [6, 6.07) is 2.00. The van der Waals surface area contributed by atoms with Gasteiger partial charge in [-0.25, -0.2) is 4.98 Å². The van der Waals surface area contributed by atoms with E-state index in [4.69, 9.17) is 0 Å². The van der Waals surface area contributed by atoms with E-state index in [2.05, 4.69) is 46.8 Å². The van der Waals surface area contributed by atoms with Crippen LogP contribution in [0.3, 0.4) is 0 Å². The summed E-state index contributed by atoms with van der Waals surface area (Å²) in [4.78, 5) is 11.9. The van der Waals surface area contributed by atoms with Gasteiger partial charge in [0.25, 0.3) is 0 Å². The fourth-order valence-corrected chi connectivity index (χ4v) is 3.13. The largest absolute Gasteiger partial charge is 0.337 e. The molecule has 0 aliphatic rings. The molecule has 3 heterocycles. The minimum absolute atomic E-state index is 0.880. The highest BCUT2D eigenvalue weighted by Crippen LogP contribution is 2.32. The number of aromatic amines is 1. The molecule has 0 bridgehead atoms. The maximum Gasteiger partial charge on any atom is 0.162 e. The van der Waals surface area contributed by atoms with E-state index in [0.717, 1.165) is 29.8 Å². The van der Waals surface area contributed by atoms with Crippen molar-refractivity contribution >= 4 is 64.6 Å². The Morgan fingerprint density at radius 1 is 1.36 bits per heavy atom. The monoisotopic (exact) mass is 331 g/mol. The van der Waals surface area contributed by atoms with Gasteiger partial charge in [-0.2, -0.15) is 0 Å². The van der Waals surface area contributed by atoms with Crippen LogP contribution in [0.15, 0.2) is 20.7 Å². The van der Waals surface area contributed by atoms with E-state index < -0.39 is 0 Å². The summed E-state index contributed by atoms with van der Waals surface area (Å²) in [5, 5.41) is 0. The summed E-state index contributed by atoms with van der Waals surface area (Å²) >= 11 is 8.33. The molecule has 1 N–H and O–H groups in total. The van der Waals surface area contributed by atoms with E-state index in [-0.39, 0.29) is 0 Å². The third-order valence-electron chi connectivity index (χ3n) is 1.92. The van der Waals surface area contributed by atoms with E-state index in [1.807, 2.05) is 6.07 Å². The molecule has 0 fully saturated rings. The van der Waals surface area contributed by atoms with E-state index in [1.54, 1.807) is 17.5 Å². The van der Waals surface area contributed by atoms with Gasteiger partial charge in [0.15, 0.2) is 9.56 Å². The van der Waals surface area contributed by atoms with E-state index in [0.29, 0.717) is 0 Å². The van der Waals surface area contributed by atoms with Crippen LogP contribution in [0.25, 0.3) is 21.4 Å². The van der Waals surface area contributed by atoms with Crippen molar-refractivity contribution in [1.82, 2.24) is 15.0 Å². The summed E-state index contributed by atoms with van der Waals surface area (Å²) in [7, 11) is 0. The number of rotatable bonds is 0. The topological polar surface area (TPSA) is 41.6 Å². The number of pyridine rings is 1. The SMILES string of the molecule is Brc1cnc2c(c1)[nH]c1nc(Br)sc12. The Labute approximate surface area is 99.8 Å². The molecule has 0 aliphatic carbocycles. The normalized spacial score (nSPS) is 11.6. The van der Waals surface area contributed by atoms with Crippen molar-refractivity contribution in [2.75, 3.05) is 0 Å². The molecule has 0 saturated carbocycles. The second-order valence-corrected chi connectivity index (χ2v) is 6.01. The molecule has 0 spiro atoms. The zero-order chi connectivity index (χ0) is 9.71. The van der Waals surface area contributed by atoms with Crippen molar-refractivity contribution in [2.45, 2.75) is 0 Å². The van der Waals surface area contributed by atoms with Gasteiger partial charge < -0.3 is 4.98 Å². The van der Waals surface area contributed by atoms with Crippen molar-refractivity contribution in [3.63, 3.8) is 0 Å². The predicted octanol–water partition coefficient (Wildman–Crippen LogP) is 3.70. The van der Waals surface area contributed by atoms with Gasteiger partial charge in [-0.1, -0.05) is 0 Å². The summed E-state index contributed by atoms with van der Waals surface area (Å²) in [5.41, 5.74) is 2.88. The van der Waals surface area contributed by atoms with Gasteiger partial charge in [0.2, 0.25) is 0 Å². The van der Waals surface area contributed by atoms with Crippen LogP contribution in [0.4, 0.5) is 0 Å². The Bertz CT molecular complexity index is 624. The van der Waals surface area contributed by atoms with Crippen molar-refractivity contribution in [3.05, 3.63) is 20.7 Å². The molecule has 14 heavy (non-hydrogen) atoms. The first-order valence-corrected chi connectivity index (χ1v) is 6.23. The molecule has 0 radical (unpaired) electrons. The Morgan fingerprint density at radius 2 is 2.21 bits per heavy atom.